The van der Waals surface area contributed by atoms with Crippen LogP contribution in [0.25, 0.3) is 0 Å². The molecule has 0 spiro atoms. The van der Waals surface area contributed by atoms with Crippen LogP contribution in [-0.4, -0.2) is 19.0 Å². The molecule has 2 saturated carbocycles. The van der Waals surface area contributed by atoms with Crippen LogP contribution >= 0.6 is 22.3 Å². The van der Waals surface area contributed by atoms with Gasteiger partial charge in [0, 0.05) is 16.1 Å². The Morgan fingerprint density at radius 3 is 2.47 bits per heavy atom. The molecule has 15 heavy (non-hydrogen) atoms. The van der Waals surface area contributed by atoms with Crippen LogP contribution < -0.4 is 0 Å². The second-order valence-electron chi connectivity index (χ2n) is 4.78. The van der Waals surface area contributed by atoms with E-state index in [2.05, 4.69) is 0 Å². The van der Waals surface area contributed by atoms with E-state index in [-0.39, 0.29) is 10.6 Å². The Labute approximate surface area is 101 Å². The van der Waals surface area contributed by atoms with Gasteiger partial charge in [0.15, 0.2) is 0 Å². The average Bonchev–Trinajstić information content (AvgIpc) is 2.16. The van der Waals surface area contributed by atoms with Crippen molar-refractivity contribution in [2.45, 2.75) is 49.2 Å². The quantitative estimate of drug-likeness (QED) is 0.542. The Bertz CT molecular complexity index is 328. The molecule has 2 aliphatic rings. The van der Waals surface area contributed by atoms with E-state index in [1.165, 1.54) is 0 Å². The topological polar surface area (TPSA) is 34.1 Å². The Morgan fingerprint density at radius 1 is 1.07 bits per heavy atom. The molecule has 5 heteroatoms. The first kappa shape index (κ1) is 12.0. The molecule has 0 amide bonds. The van der Waals surface area contributed by atoms with Gasteiger partial charge in [0.05, 0.1) is 5.25 Å². The Morgan fingerprint density at radius 2 is 1.80 bits per heavy atom. The van der Waals surface area contributed by atoms with Crippen LogP contribution in [0.4, 0.5) is 0 Å². The van der Waals surface area contributed by atoms with Crippen molar-refractivity contribution in [2.75, 3.05) is 0 Å². The summed E-state index contributed by atoms with van der Waals surface area (Å²) < 4.78 is 22.5. The fourth-order valence-electron chi connectivity index (χ4n) is 3.10. The van der Waals surface area contributed by atoms with Gasteiger partial charge in [-0.2, -0.15) is 0 Å². The number of halogens is 2. The van der Waals surface area contributed by atoms with Crippen LogP contribution in [0.2, 0.25) is 0 Å². The lowest BCUT2D eigenvalue weighted by atomic mass is 9.70. The standard InChI is InChI=1S/C10H16Cl2O2S/c11-10-3-1-2-7-6-8(15(12,13)14)4-5-9(7)10/h7-10H,1-6H2. The summed E-state index contributed by atoms with van der Waals surface area (Å²) in [7, 11) is 2.05. The molecule has 2 fully saturated rings. The lowest BCUT2D eigenvalue weighted by Gasteiger charge is -2.40. The molecular weight excluding hydrogens is 255 g/mol. The van der Waals surface area contributed by atoms with Crippen LogP contribution in [0.1, 0.15) is 38.5 Å². The minimum atomic E-state index is -3.36. The molecule has 2 nitrogen and oxygen atoms in total. The molecule has 4 unspecified atom stereocenters. The van der Waals surface area contributed by atoms with Gasteiger partial charge in [0.25, 0.3) is 0 Å². The summed E-state index contributed by atoms with van der Waals surface area (Å²) in [6.07, 6.45) is 5.67. The lowest BCUT2D eigenvalue weighted by molar-refractivity contribution is 0.178. The van der Waals surface area contributed by atoms with Gasteiger partial charge in [-0.15, -0.1) is 11.6 Å². The molecule has 0 saturated heterocycles. The van der Waals surface area contributed by atoms with Gasteiger partial charge in [0.1, 0.15) is 0 Å². The molecule has 4 atom stereocenters. The molecule has 0 aromatic heterocycles. The molecule has 0 heterocycles. The molecule has 0 aromatic rings. The maximum Gasteiger partial charge on any atom is 0.235 e. The van der Waals surface area contributed by atoms with Gasteiger partial charge in [-0.3, -0.25) is 0 Å². The first-order valence-electron chi connectivity index (χ1n) is 5.56. The smallest absolute Gasteiger partial charge is 0.212 e. The lowest BCUT2D eigenvalue weighted by Crippen LogP contribution is -2.37. The van der Waals surface area contributed by atoms with E-state index in [4.69, 9.17) is 22.3 Å². The first-order chi connectivity index (χ1) is 6.98. The fourth-order valence-corrected chi connectivity index (χ4v) is 4.96. The van der Waals surface area contributed by atoms with E-state index < -0.39 is 9.05 Å². The first-order valence-corrected chi connectivity index (χ1v) is 8.37. The zero-order valence-corrected chi connectivity index (χ0v) is 10.9. The van der Waals surface area contributed by atoms with E-state index in [0.29, 0.717) is 18.3 Å². The van der Waals surface area contributed by atoms with Crippen molar-refractivity contribution in [3.63, 3.8) is 0 Å². The second-order valence-corrected chi connectivity index (χ2v) is 8.25. The van der Waals surface area contributed by atoms with Crippen LogP contribution in [0, 0.1) is 11.8 Å². The molecule has 0 aliphatic heterocycles. The van der Waals surface area contributed by atoms with Crippen molar-refractivity contribution in [3.05, 3.63) is 0 Å². The summed E-state index contributed by atoms with van der Waals surface area (Å²) in [6.45, 7) is 0. The molecule has 0 radical (unpaired) electrons. The normalized spacial score (nSPS) is 42.3. The Balaban J connectivity index is 2.06. The Kier molecular flexibility index (Phi) is 3.54. The molecule has 0 N–H and O–H groups in total. The van der Waals surface area contributed by atoms with Gasteiger partial charge < -0.3 is 0 Å². The van der Waals surface area contributed by atoms with E-state index >= 15 is 0 Å². The highest BCUT2D eigenvalue weighted by Gasteiger charge is 2.40. The van der Waals surface area contributed by atoms with Crippen molar-refractivity contribution in [2.24, 2.45) is 11.8 Å². The molecule has 88 valence electrons. The highest BCUT2D eigenvalue weighted by atomic mass is 35.7. The predicted molar refractivity (Wildman–Crippen MR) is 62.9 cm³/mol. The van der Waals surface area contributed by atoms with Gasteiger partial charge in [0.2, 0.25) is 9.05 Å². The largest absolute Gasteiger partial charge is 0.235 e. The van der Waals surface area contributed by atoms with Crippen molar-refractivity contribution in [1.82, 2.24) is 0 Å². The maximum atomic E-state index is 11.3. The third-order valence-corrected chi connectivity index (χ3v) is 6.43. The minimum Gasteiger partial charge on any atom is -0.212 e. The number of rotatable bonds is 1. The van der Waals surface area contributed by atoms with E-state index in [1.54, 1.807) is 0 Å². The van der Waals surface area contributed by atoms with E-state index in [0.717, 1.165) is 32.1 Å². The molecule has 0 aromatic carbocycles. The van der Waals surface area contributed by atoms with Crippen molar-refractivity contribution < 1.29 is 8.42 Å². The second kappa shape index (κ2) is 4.42. The van der Waals surface area contributed by atoms with Crippen molar-refractivity contribution in [1.29, 1.82) is 0 Å². The number of hydrogen-bond donors (Lipinski definition) is 0. The highest BCUT2D eigenvalue weighted by Crippen LogP contribution is 2.44. The minimum absolute atomic E-state index is 0.253. The van der Waals surface area contributed by atoms with Crippen molar-refractivity contribution >= 4 is 31.3 Å². The predicted octanol–water partition coefficient (Wildman–Crippen LogP) is 3.13. The van der Waals surface area contributed by atoms with E-state index in [1.807, 2.05) is 0 Å². The van der Waals surface area contributed by atoms with Gasteiger partial charge >= 0.3 is 0 Å². The fraction of sp³-hybridized carbons (Fsp3) is 1.00. The van der Waals surface area contributed by atoms with Gasteiger partial charge in [-0.05, 0) is 37.5 Å². The summed E-state index contributed by atoms with van der Waals surface area (Å²) in [5, 5.41) is -0.0786. The third-order valence-electron chi connectivity index (χ3n) is 3.91. The highest BCUT2D eigenvalue weighted by molar-refractivity contribution is 8.14. The van der Waals surface area contributed by atoms with E-state index in [9.17, 15) is 8.42 Å². The Hall–Kier alpha value is 0.530. The van der Waals surface area contributed by atoms with Crippen LogP contribution in [0.5, 0.6) is 0 Å². The zero-order valence-electron chi connectivity index (χ0n) is 8.53. The third kappa shape index (κ3) is 2.62. The van der Waals surface area contributed by atoms with Crippen molar-refractivity contribution in [3.8, 4) is 0 Å². The number of fused-ring (bicyclic) bond motifs is 1. The summed E-state index contributed by atoms with van der Waals surface area (Å²) >= 11 is 6.27. The maximum absolute atomic E-state index is 11.3. The van der Waals surface area contributed by atoms with Gasteiger partial charge in [-0.1, -0.05) is 12.8 Å². The molecule has 2 rings (SSSR count). The van der Waals surface area contributed by atoms with Crippen LogP contribution in [0.15, 0.2) is 0 Å². The van der Waals surface area contributed by atoms with Crippen LogP contribution in [0.3, 0.4) is 0 Å². The molecular formula is C10H16Cl2O2S. The SMILES string of the molecule is O=S(=O)(Cl)C1CCC2C(Cl)CCCC2C1. The zero-order chi connectivity index (χ0) is 11.1. The number of alkyl halides is 1. The molecule has 2 aliphatic carbocycles. The monoisotopic (exact) mass is 270 g/mol. The average molecular weight is 271 g/mol. The van der Waals surface area contributed by atoms with Crippen LogP contribution in [-0.2, 0) is 9.05 Å². The number of hydrogen-bond acceptors (Lipinski definition) is 2. The molecule has 0 bridgehead atoms. The summed E-state index contributed by atoms with van der Waals surface area (Å²) in [5.74, 6) is 1.00. The summed E-state index contributed by atoms with van der Waals surface area (Å²) in [4.78, 5) is 0. The van der Waals surface area contributed by atoms with Gasteiger partial charge in [-0.25, -0.2) is 8.42 Å². The summed E-state index contributed by atoms with van der Waals surface area (Å²) in [6, 6.07) is 0. The summed E-state index contributed by atoms with van der Waals surface area (Å²) in [5.41, 5.74) is 0.